The number of rotatable bonds is 2. The molecule has 2 heterocycles. The zero-order valence-electron chi connectivity index (χ0n) is 12.0. The molecule has 1 aromatic carbocycles. The molecule has 116 valence electrons. The van der Waals surface area contributed by atoms with E-state index in [2.05, 4.69) is 0 Å². The maximum Gasteiger partial charge on any atom is 0.263 e. The first-order valence-corrected chi connectivity index (χ1v) is 9.77. The van der Waals surface area contributed by atoms with Crippen LogP contribution in [0.5, 0.6) is 0 Å². The Balaban J connectivity index is 1.82. The molecule has 1 aliphatic heterocycles. The van der Waals surface area contributed by atoms with E-state index < -0.39 is 15.1 Å². The molecule has 1 aliphatic rings. The Morgan fingerprint density at radius 3 is 2.55 bits per heavy atom. The summed E-state index contributed by atoms with van der Waals surface area (Å²) in [5, 5.41) is 1.34. The second-order valence-electron chi connectivity index (χ2n) is 5.32. The molecule has 1 saturated heterocycles. The minimum absolute atomic E-state index is 0.0175. The van der Waals surface area contributed by atoms with Crippen LogP contribution in [0.2, 0.25) is 0 Å². The lowest BCUT2D eigenvalue weighted by Crippen LogP contribution is -2.33. The van der Waals surface area contributed by atoms with Crippen LogP contribution in [-0.4, -0.2) is 38.1 Å². The average Bonchev–Trinajstić information content (AvgIpc) is 3.00. The lowest BCUT2D eigenvalue weighted by Gasteiger charge is -2.19. The molecule has 0 unspecified atom stereocenters. The molecule has 0 spiro atoms. The number of thiophene rings is 1. The maximum atomic E-state index is 12.5. The summed E-state index contributed by atoms with van der Waals surface area (Å²) in [4.78, 5) is 14.7. The van der Waals surface area contributed by atoms with Crippen LogP contribution in [0.1, 0.15) is 26.9 Å². The normalized spacial score (nSPS) is 21.3. The Labute approximate surface area is 134 Å². The highest BCUT2D eigenvalue weighted by Crippen LogP contribution is 2.29. The molecule has 0 bridgehead atoms. The number of benzene rings is 1. The van der Waals surface area contributed by atoms with Crippen molar-refractivity contribution < 1.29 is 13.2 Å². The van der Waals surface area contributed by atoms with Crippen molar-refractivity contribution in [3.63, 3.8) is 0 Å². The van der Waals surface area contributed by atoms with E-state index in [-0.39, 0.29) is 18.2 Å². The maximum absolute atomic E-state index is 12.5. The Morgan fingerprint density at radius 2 is 1.86 bits per heavy atom. The third-order valence-corrected chi connectivity index (χ3v) is 6.92. The highest BCUT2D eigenvalue weighted by molar-refractivity contribution is 7.91. The smallest absolute Gasteiger partial charge is 0.263 e. The Hall–Kier alpha value is -1.66. The zero-order chi connectivity index (χ0) is 15.6. The van der Waals surface area contributed by atoms with Crippen LogP contribution < -0.4 is 0 Å². The van der Waals surface area contributed by atoms with Gasteiger partial charge in [0.05, 0.1) is 15.9 Å². The molecule has 2 aromatic rings. The SMILES string of the molecule is O=C(c1cccs1)N1CC[C@H](c2ccccc2)S(=O)(=O)CC1. The van der Waals surface area contributed by atoms with Gasteiger partial charge in [0.15, 0.2) is 9.84 Å². The quantitative estimate of drug-likeness (QED) is 0.848. The molecule has 1 aromatic heterocycles. The number of carbonyl (C=O) groups excluding carboxylic acids is 1. The van der Waals surface area contributed by atoms with E-state index in [1.54, 1.807) is 11.0 Å². The first-order chi connectivity index (χ1) is 10.6. The monoisotopic (exact) mass is 335 g/mol. The van der Waals surface area contributed by atoms with Gasteiger partial charge in [0.1, 0.15) is 0 Å². The highest BCUT2D eigenvalue weighted by atomic mass is 32.2. The fourth-order valence-electron chi connectivity index (χ4n) is 2.75. The van der Waals surface area contributed by atoms with Gasteiger partial charge in [-0.3, -0.25) is 4.79 Å². The number of hydrogen-bond acceptors (Lipinski definition) is 4. The highest BCUT2D eigenvalue weighted by Gasteiger charge is 2.32. The van der Waals surface area contributed by atoms with Crippen molar-refractivity contribution in [1.82, 2.24) is 4.90 Å². The van der Waals surface area contributed by atoms with E-state index in [1.807, 2.05) is 41.8 Å². The second kappa shape index (κ2) is 6.22. The van der Waals surface area contributed by atoms with Gasteiger partial charge in [-0.2, -0.15) is 0 Å². The lowest BCUT2D eigenvalue weighted by molar-refractivity contribution is 0.0771. The predicted molar refractivity (Wildman–Crippen MR) is 87.8 cm³/mol. The van der Waals surface area contributed by atoms with Gasteiger partial charge < -0.3 is 4.90 Å². The zero-order valence-corrected chi connectivity index (χ0v) is 13.6. The fourth-order valence-corrected chi connectivity index (χ4v) is 5.23. The van der Waals surface area contributed by atoms with E-state index in [0.29, 0.717) is 17.8 Å². The van der Waals surface area contributed by atoms with Crippen LogP contribution >= 0.6 is 11.3 Å². The van der Waals surface area contributed by atoms with Crippen molar-refractivity contribution in [1.29, 1.82) is 0 Å². The molecule has 0 radical (unpaired) electrons. The number of carbonyl (C=O) groups is 1. The summed E-state index contributed by atoms with van der Waals surface area (Å²) in [6.45, 7) is 0.734. The van der Waals surface area contributed by atoms with E-state index in [1.165, 1.54) is 11.3 Å². The fraction of sp³-hybridized carbons (Fsp3) is 0.312. The molecular weight excluding hydrogens is 318 g/mol. The summed E-state index contributed by atoms with van der Waals surface area (Å²) in [6, 6.07) is 12.9. The van der Waals surface area contributed by atoms with Crippen LogP contribution in [0, 0.1) is 0 Å². The molecule has 1 fully saturated rings. The minimum atomic E-state index is -3.24. The topological polar surface area (TPSA) is 54.5 Å². The number of amides is 1. The second-order valence-corrected chi connectivity index (χ2v) is 8.58. The van der Waals surface area contributed by atoms with Crippen LogP contribution in [0.15, 0.2) is 47.8 Å². The average molecular weight is 335 g/mol. The van der Waals surface area contributed by atoms with Crippen LogP contribution in [0.4, 0.5) is 0 Å². The van der Waals surface area contributed by atoms with Gasteiger partial charge in [-0.05, 0) is 23.4 Å². The largest absolute Gasteiger partial charge is 0.337 e. The van der Waals surface area contributed by atoms with Crippen LogP contribution in [0.3, 0.4) is 0 Å². The van der Waals surface area contributed by atoms with Gasteiger partial charge in [0.25, 0.3) is 5.91 Å². The predicted octanol–water partition coefficient (Wildman–Crippen LogP) is 2.75. The summed E-state index contributed by atoms with van der Waals surface area (Å²) in [7, 11) is -3.24. The van der Waals surface area contributed by atoms with Crippen molar-refractivity contribution in [2.24, 2.45) is 0 Å². The van der Waals surface area contributed by atoms with Gasteiger partial charge >= 0.3 is 0 Å². The number of hydrogen-bond donors (Lipinski definition) is 0. The van der Waals surface area contributed by atoms with E-state index in [0.717, 1.165) is 5.56 Å². The molecule has 4 nitrogen and oxygen atoms in total. The summed E-state index contributed by atoms with van der Waals surface area (Å²) in [5.74, 6) is -0.0529. The minimum Gasteiger partial charge on any atom is -0.337 e. The Bertz CT molecular complexity index is 739. The molecule has 6 heteroatoms. The third-order valence-electron chi connectivity index (χ3n) is 3.93. The summed E-state index contributed by atoms with van der Waals surface area (Å²) < 4.78 is 25.0. The van der Waals surface area contributed by atoms with E-state index in [4.69, 9.17) is 0 Å². The summed E-state index contributed by atoms with van der Waals surface area (Å²) in [5.41, 5.74) is 0.813. The van der Waals surface area contributed by atoms with Gasteiger partial charge in [-0.1, -0.05) is 36.4 Å². The standard InChI is InChI=1S/C16H17NO3S2/c18-16(14-7-4-11-21-14)17-9-8-15(22(19,20)12-10-17)13-5-2-1-3-6-13/h1-7,11,15H,8-10,12H2/t15-/m1/s1. The lowest BCUT2D eigenvalue weighted by atomic mass is 10.1. The van der Waals surface area contributed by atoms with E-state index in [9.17, 15) is 13.2 Å². The molecule has 3 rings (SSSR count). The summed E-state index contributed by atoms with van der Waals surface area (Å²) in [6.07, 6.45) is 0.448. The van der Waals surface area contributed by atoms with Crippen LogP contribution in [-0.2, 0) is 9.84 Å². The molecule has 1 amide bonds. The first-order valence-electron chi connectivity index (χ1n) is 7.17. The number of sulfone groups is 1. The van der Waals surface area contributed by atoms with Crippen molar-refractivity contribution >= 4 is 27.1 Å². The molecule has 0 saturated carbocycles. The third kappa shape index (κ3) is 3.08. The van der Waals surface area contributed by atoms with Crippen LogP contribution in [0.25, 0.3) is 0 Å². The molecule has 22 heavy (non-hydrogen) atoms. The first kappa shape index (κ1) is 15.2. The van der Waals surface area contributed by atoms with Gasteiger partial charge in [-0.25, -0.2) is 8.42 Å². The van der Waals surface area contributed by atoms with Crippen molar-refractivity contribution in [3.8, 4) is 0 Å². The van der Waals surface area contributed by atoms with Crippen molar-refractivity contribution in [3.05, 3.63) is 58.3 Å². The van der Waals surface area contributed by atoms with Crippen molar-refractivity contribution in [2.45, 2.75) is 11.7 Å². The molecule has 0 N–H and O–H groups in total. The molecular formula is C16H17NO3S2. The molecule has 1 atom stereocenters. The Morgan fingerprint density at radius 1 is 1.09 bits per heavy atom. The Kier molecular flexibility index (Phi) is 4.31. The number of nitrogens with zero attached hydrogens (tertiary/aromatic N) is 1. The van der Waals surface area contributed by atoms with Gasteiger partial charge in [0, 0.05) is 13.1 Å². The van der Waals surface area contributed by atoms with Crippen molar-refractivity contribution in [2.75, 3.05) is 18.8 Å². The van der Waals surface area contributed by atoms with E-state index >= 15 is 0 Å². The van der Waals surface area contributed by atoms with Gasteiger partial charge in [0.2, 0.25) is 0 Å². The molecule has 0 aliphatic carbocycles. The van der Waals surface area contributed by atoms with Gasteiger partial charge in [-0.15, -0.1) is 11.3 Å². The summed E-state index contributed by atoms with van der Waals surface area (Å²) >= 11 is 1.39.